The fraction of sp³-hybridized carbons (Fsp3) is 0.273. The summed E-state index contributed by atoms with van der Waals surface area (Å²) in [6, 6.07) is 13.5. The number of aryl methyl sites for hydroxylation is 4. The summed E-state index contributed by atoms with van der Waals surface area (Å²) in [6.07, 6.45) is 0.317. The van der Waals surface area contributed by atoms with Crippen molar-refractivity contribution in [1.82, 2.24) is 5.16 Å². The lowest BCUT2D eigenvalue weighted by molar-refractivity contribution is -0.115. The first-order chi connectivity index (χ1) is 12.9. The Morgan fingerprint density at radius 3 is 2.30 bits per heavy atom. The van der Waals surface area contributed by atoms with Gasteiger partial charge in [-0.1, -0.05) is 35.5 Å². The van der Waals surface area contributed by atoms with E-state index in [1.54, 1.807) is 0 Å². The third-order valence-electron chi connectivity index (χ3n) is 4.60. The molecule has 0 saturated heterocycles. The van der Waals surface area contributed by atoms with Gasteiger partial charge in [0.1, 0.15) is 18.1 Å². The Balaban J connectivity index is 1.58. The SMILES string of the molecule is Cc1cccc(C)c1NC(=O)Cc1ccc(OCc2c(C)noc2C)cc1. The zero-order valence-corrected chi connectivity index (χ0v) is 16.1. The first kappa shape index (κ1) is 18.7. The molecule has 0 atom stereocenters. The van der Waals surface area contributed by atoms with E-state index in [9.17, 15) is 4.79 Å². The number of anilines is 1. The van der Waals surface area contributed by atoms with Gasteiger partial charge in [-0.3, -0.25) is 4.79 Å². The molecule has 0 radical (unpaired) electrons. The van der Waals surface area contributed by atoms with Gasteiger partial charge >= 0.3 is 0 Å². The molecule has 1 heterocycles. The van der Waals surface area contributed by atoms with Gasteiger partial charge in [-0.05, 0) is 56.5 Å². The van der Waals surface area contributed by atoms with Crippen molar-refractivity contribution in [2.24, 2.45) is 0 Å². The molecule has 140 valence electrons. The molecule has 2 aromatic carbocycles. The van der Waals surface area contributed by atoms with Crippen LogP contribution in [0.4, 0.5) is 5.69 Å². The van der Waals surface area contributed by atoms with Crippen molar-refractivity contribution in [3.63, 3.8) is 0 Å². The second-order valence-electron chi connectivity index (χ2n) is 6.73. The summed E-state index contributed by atoms with van der Waals surface area (Å²) in [7, 11) is 0. The maximum atomic E-state index is 12.4. The molecule has 1 amide bonds. The summed E-state index contributed by atoms with van der Waals surface area (Å²) in [4.78, 5) is 12.4. The lowest BCUT2D eigenvalue weighted by atomic mass is 10.1. The van der Waals surface area contributed by atoms with Gasteiger partial charge in [0.25, 0.3) is 0 Å². The van der Waals surface area contributed by atoms with Crippen LogP contribution in [-0.4, -0.2) is 11.1 Å². The molecule has 0 aliphatic heterocycles. The zero-order valence-electron chi connectivity index (χ0n) is 16.1. The highest BCUT2D eigenvalue weighted by atomic mass is 16.5. The topological polar surface area (TPSA) is 64.4 Å². The summed E-state index contributed by atoms with van der Waals surface area (Å²) >= 11 is 0. The number of carbonyl (C=O) groups is 1. The van der Waals surface area contributed by atoms with E-state index >= 15 is 0 Å². The first-order valence-electron chi connectivity index (χ1n) is 8.93. The van der Waals surface area contributed by atoms with Crippen molar-refractivity contribution >= 4 is 11.6 Å². The van der Waals surface area contributed by atoms with Gasteiger partial charge in [-0.15, -0.1) is 0 Å². The number of nitrogens with one attached hydrogen (secondary N) is 1. The second kappa shape index (κ2) is 8.08. The van der Waals surface area contributed by atoms with E-state index in [0.29, 0.717) is 13.0 Å². The number of hydrogen-bond donors (Lipinski definition) is 1. The molecule has 5 heteroatoms. The largest absolute Gasteiger partial charge is 0.489 e. The normalized spacial score (nSPS) is 10.7. The molecule has 1 N–H and O–H groups in total. The van der Waals surface area contributed by atoms with Crippen LogP contribution in [0.3, 0.4) is 0 Å². The summed E-state index contributed by atoms with van der Waals surface area (Å²) < 4.78 is 10.9. The minimum atomic E-state index is -0.0308. The van der Waals surface area contributed by atoms with Crippen molar-refractivity contribution in [3.8, 4) is 5.75 Å². The van der Waals surface area contributed by atoms with Crippen molar-refractivity contribution < 1.29 is 14.1 Å². The number of nitrogens with zero attached hydrogens (tertiary/aromatic N) is 1. The molecule has 5 nitrogen and oxygen atoms in total. The van der Waals surface area contributed by atoms with E-state index in [2.05, 4.69) is 10.5 Å². The predicted molar refractivity (Wildman–Crippen MR) is 105 cm³/mol. The molecule has 27 heavy (non-hydrogen) atoms. The van der Waals surface area contributed by atoms with Crippen LogP contribution in [0.25, 0.3) is 0 Å². The molecule has 0 unspecified atom stereocenters. The summed E-state index contributed by atoms with van der Waals surface area (Å²) in [6.45, 7) is 8.17. The molecule has 3 aromatic rings. The first-order valence-corrected chi connectivity index (χ1v) is 8.93. The molecule has 0 saturated carbocycles. The van der Waals surface area contributed by atoms with Crippen molar-refractivity contribution in [1.29, 1.82) is 0 Å². The lowest BCUT2D eigenvalue weighted by Gasteiger charge is -2.12. The van der Waals surface area contributed by atoms with E-state index < -0.39 is 0 Å². The molecule has 1 aromatic heterocycles. The van der Waals surface area contributed by atoms with Crippen LogP contribution in [-0.2, 0) is 17.8 Å². The highest BCUT2D eigenvalue weighted by Gasteiger charge is 2.11. The standard InChI is InChI=1S/C22H24N2O3/c1-14-6-5-7-15(2)22(14)23-21(25)12-18-8-10-19(11-9-18)26-13-20-16(3)24-27-17(20)4/h5-11H,12-13H2,1-4H3,(H,23,25). The molecule has 0 aliphatic rings. The van der Waals surface area contributed by atoms with Gasteiger partial charge in [-0.2, -0.15) is 0 Å². The molecule has 0 aliphatic carbocycles. The number of para-hydroxylation sites is 1. The molecule has 0 bridgehead atoms. The Hall–Kier alpha value is -3.08. The van der Waals surface area contributed by atoms with Crippen LogP contribution in [0.15, 0.2) is 47.0 Å². The van der Waals surface area contributed by atoms with Gasteiger partial charge in [0, 0.05) is 5.69 Å². The van der Waals surface area contributed by atoms with Crippen LogP contribution in [0.2, 0.25) is 0 Å². The number of amides is 1. The van der Waals surface area contributed by atoms with Gasteiger partial charge < -0.3 is 14.6 Å². The minimum Gasteiger partial charge on any atom is -0.489 e. The lowest BCUT2D eigenvalue weighted by Crippen LogP contribution is -2.16. The van der Waals surface area contributed by atoms with E-state index in [1.807, 2.05) is 70.2 Å². The fourth-order valence-electron chi connectivity index (χ4n) is 2.95. The van der Waals surface area contributed by atoms with Crippen molar-refractivity contribution in [2.75, 3.05) is 5.32 Å². The van der Waals surface area contributed by atoms with Crippen LogP contribution in [0.5, 0.6) is 5.75 Å². The summed E-state index contributed by atoms with van der Waals surface area (Å²) in [5.41, 5.74) is 5.75. The van der Waals surface area contributed by atoms with Crippen LogP contribution < -0.4 is 10.1 Å². The van der Waals surface area contributed by atoms with E-state index in [0.717, 1.165) is 45.1 Å². The maximum absolute atomic E-state index is 12.4. The Morgan fingerprint density at radius 2 is 1.70 bits per heavy atom. The van der Waals surface area contributed by atoms with Crippen LogP contribution in [0.1, 0.15) is 33.7 Å². The molecule has 0 fully saturated rings. The van der Waals surface area contributed by atoms with E-state index in [-0.39, 0.29) is 5.91 Å². The third kappa shape index (κ3) is 4.56. The van der Waals surface area contributed by atoms with Crippen molar-refractivity contribution in [3.05, 3.63) is 76.2 Å². The van der Waals surface area contributed by atoms with Crippen LogP contribution >= 0.6 is 0 Å². The molecular weight excluding hydrogens is 340 g/mol. The minimum absolute atomic E-state index is 0.0308. The smallest absolute Gasteiger partial charge is 0.228 e. The predicted octanol–water partition coefficient (Wildman–Crippen LogP) is 4.67. The number of carbonyl (C=O) groups excluding carboxylic acids is 1. The van der Waals surface area contributed by atoms with Gasteiger partial charge in [0.2, 0.25) is 5.91 Å². The summed E-state index contributed by atoms with van der Waals surface area (Å²) in [5, 5.41) is 6.93. The fourth-order valence-corrected chi connectivity index (χ4v) is 2.95. The molecule has 3 rings (SSSR count). The Kier molecular flexibility index (Phi) is 5.60. The summed E-state index contributed by atoms with van der Waals surface area (Å²) in [5.74, 6) is 1.48. The van der Waals surface area contributed by atoms with Gasteiger partial charge in [0.05, 0.1) is 17.7 Å². The molecule has 0 spiro atoms. The average molecular weight is 364 g/mol. The Bertz CT molecular complexity index is 903. The average Bonchev–Trinajstić information content (AvgIpc) is 2.96. The highest BCUT2D eigenvalue weighted by molar-refractivity contribution is 5.93. The van der Waals surface area contributed by atoms with Gasteiger partial charge in [-0.25, -0.2) is 0 Å². The Morgan fingerprint density at radius 1 is 1.04 bits per heavy atom. The number of rotatable bonds is 6. The number of benzene rings is 2. The van der Waals surface area contributed by atoms with E-state index in [4.69, 9.17) is 9.26 Å². The van der Waals surface area contributed by atoms with E-state index in [1.165, 1.54) is 0 Å². The third-order valence-corrected chi connectivity index (χ3v) is 4.60. The number of aromatic nitrogens is 1. The zero-order chi connectivity index (χ0) is 19.4. The van der Waals surface area contributed by atoms with Gasteiger partial charge in [0.15, 0.2) is 0 Å². The highest BCUT2D eigenvalue weighted by Crippen LogP contribution is 2.21. The Labute approximate surface area is 159 Å². The number of hydrogen-bond acceptors (Lipinski definition) is 4. The van der Waals surface area contributed by atoms with Crippen molar-refractivity contribution in [2.45, 2.75) is 40.7 Å². The second-order valence-corrected chi connectivity index (χ2v) is 6.73. The monoisotopic (exact) mass is 364 g/mol. The number of ether oxygens (including phenoxy) is 1. The van der Waals surface area contributed by atoms with Crippen LogP contribution in [0, 0.1) is 27.7 Å². The quantitative estimate of drug-likeness (QED) is 0.690. The molecular formula is C22H24N2O3. The maximum Gasteiger partial charge on any atom is 0.228 e.